The minimum atomic E-state index is -1.16. The van der Waals surface area contributed by atoms with Gasteiger partial charge in [-0.15, -0.1) is 0 Å². The van der Waals surface area contributed by atoms with Crippen molar-refractivity contribution >= 4 is 17.6 Å². The first-order valence-electron chi connectivity index (χ1n) is 12.1. The van der Waals surface area contributed by atoms with Crippen molar-refractivity contribution in [1.29, 1.82) is 0 Å². The highest BCUT2D eigenvalue weighted by Crippen LogP contribution is 2.13. The zero-order chi connectivity index (χ0) is 27.8. The molecule has 0 aliphatic heterocycles. The van der Waals surface area contributed by atoms with Gasteiger partial charge >= 0.3 is 11.9 Å². The lowest BCUT2D eigenvalue weighted by molar-refractivity contribution is 0.0268. The second kappa shape index (κ2) is 17.3. The molecule has 0 unspecified atom stereocenters. The Morgan fingerprint density at radius 1 is 0.789 bits per heavy atom. The molecule has 0 amide bonds. The van der Waals surface area contributed by atoms with Crippen LogP contribution in [-0.2, 0) is 22.6 Å². The summed E-state index contributed by atoms with van der Waals surface area (Å²) in [5, 5.41) is 37.0. The molecular formula is C24H36N6O8. The Balaban J connectivity index is 1.70. The zero-order valence-electron chi connectivity index (χ0n) is 21.2. The van der Waals surface area contributed by atoms with Gasteiger partial charge in [-0.05, 0) is 24.3 Å². The van der Waals surface area contributed by atoms with Crippen molar-refractivity contribution in [2.75, 3.05) is 71.2 Å². The SMILES string of the molecule is NNc1cc(CN(CCO)CCOCCOCCN(CCO)Cc2cccc(C(=O)O)n2)nc(C(=O)O)c1. The van der Waals surface area contributed by atoms with Gasteiger partial charge in [-0.1, -0.05) is 6.07 Å². The highest BCUT2D eigenvalue weighted by molar-refractivity contribution is 5.86. The van der Waals surface area contributed by atoms with Crippen LogP contribution in [0.4, 0.5) is 5.69 Å². The molecule has 0 saturated carbocycles. The normalized spacial score (nSPS) is 11.3. The van der Waals surface area contributed by atoms with Crippen LogP contribution in [0.2, 0.25) is 0 Å². The molecule has 0 spiro atoms. The molecule has 0 saturated heterocycles. The van der Waals surface area contributed by atoms with Gasteiger partial charge in [0.05, 0.1) is 56.7 Å². The fourth-order valence-corrected chi connectivity index (χ4v) is 3.54. The van der Waals surface area contributed by atoms with E-state index in [4.69, 9.17) is 20.4 Å². The van der Waals surface area contributed by atoms with Crippen LogP contribution in [0.5, 0.6) is 0 Å². The number of aromatic carboxylic acids is 2. The number of aliphatic hydroxyl groups excluding tert-OH is 2. The number of aromatic nitrogens is 2. The van der Waals surface area contributed by atoms with Gasteiger partial charge in [0.2, 0.25) is 0 Å². The van der Waals surface area contributed by atoms with E-state index in [2.05, 4.69) is 15.4 Å². The van der Waals surface area contributed by atoms with Gasteiger partial charge in [0.15, 0.2) is 5.69 Å². The predicted molar refractivity (Wildman–Crippen MR) is 137 cm³/mol. The molecule has 210 valence electrons. The summed E-state index contributed by atoms with van der Waals surface area (Å²) in [6, 6.07) is 7.78. The monoisotopic (exact) mass is 536 g/mol. The number of ether oxygens (including phenoxy) is 2. The Kier molecular flexibility index (Phi) is 14.1. The van der Waals surface area contributed by atoms with Gasteiger partial charge in [0.25, 0.3) is 0 Å². The van der Waals surface area contributed by atoms with Crippen molar-refractivity contribution in [1.82, 2.24) is 19.8 Å². The molecule has 2 aromatic rings. The number of nitrogens with one attached hydrogen (secondary N) is 1. The molecule has 2 rings (SSSR count). The van der Waals surface area contributed by atoms with Gasteiger partial charge in [-0.2, -0.15) is 0 Å². The van der Waals surface area contributed by atoms with E-state index in [0.29, 0.717) is 82.8 Å². The van der Waals surface area contributed by atoms with E-state index in [1.54, 1.807) is 18.2 Å². The number of hydrogen-bond acceptors (Lipinski definition) is 12. The molecule has 0 aromatic carbocycles. The molecule has 14 heteroatoms. The quantitative estimate of drug-likeness (QED) is 0.0716. The molecule has 0 radical (unpaired) electrons. The van der Waals surface area contributed by atoms with Gasteiger partial charge in [-0.3, -0.25) is 15.6 Å². The van der Waals surface area contributed by atoms with E-state index in [-0.39, 0.29) is 24.6 Å². The van der Waals surface area contributed by atoms with Crippen molar-refractivity contribution in [3.05, 3.63) is 53.1 Å². The van der Waals surface area contributed by atoms with E-state index < -0.39 is 11.9 Å². The fourth-order valence-electron chi connectivity index (χ4n) is 3.54. The summed E-state index contributed by atoms with van der Waals surface area (Å²) < 4.78 is 11.2. The van der Waals surface area contributed by atoms with Crippen molar-refractivity contribution in [2.24, 2.45) is 5.84 Å². The fraction of sp³-hybridized carbons (Fsp3) is 0.500. The predicted octanol–water partition coefficient (Wildman–Crippen LogP) is -0.519. The van der Waals surface area contributed by atoms with Gasteiger partial charge in [0.1, 0.15) is 5.69 Å². The van der Waals surface area contributed by atoms with Crippen LogP contribution < -0.4 is 11.3 Å². The molecule has 2 heterocycles. The smallest absolute Gasteiger partial charge is 0.354 e. The Morgan fingerprint density at radius 3 is 1.87 bits per heavy atom. The topological polar surface area (TPSA) is 204 Å². The maximum atomic E-state index is 11.3. The van der Waals surface area contributed by atoms with Crippen LogP contribution >= 0.6 is 0 Å². The van der Waals surface area contributed by atoms with E-state index in [0.717, 1.165) is 0 Å². The van der Waals surface area contributed by atoms with Crippen molar-refractivity contribution in [3.63, 3.8) is 0 Å². The number of aliphatic hydroxyl groups is 2. The summed E-state index contributed by atoms with van der Waals surface area (Å²) in [5.74, 6) is 3.16. The third-order valence-corrected chi connectivity index (χ3v) is 5.37. The molecule has 38 heavy (non-hydrogen) atoms. The third-order valence-electron chi connectivity index (χ3n) is 5.37. The van der Waals surface area contributed by atoms with E-state index in [1.165, 1.54) is 12.1 Å². The third kappa shape index (κ3) is 11.4. The summed E-state index contributed by atoms with van der Waals surface area (Å²) in [4.78, 5) is 34.4. The summed E-state index contributed by atoms with van der Waals surface area (Å²) in [6.45, 7) is 3.78. The van der Waals surface area contributed by atoms with Crippen LogP contribution in [0.25, 0.3) is 0 Å². The van der Waals surface area contributed by atoms with Gasteiger partial charge < -0.3 is 35.3 Å². The van der Waals surface area contributed by atoms with Crippen LogP contribution in [0.3, 0.4) is 0 Å². The maximum Gasteiger partial charge on any atom is 0.354 e. The lowest BCUT2D eigenvalue weighted by Crippen LogP contribution is -2.31. The zero-order valence-corrected chi connectivity index (χ0v) is 21.2. The van der Waals surface area contributed by atoms with Crippen molar-refractivity contribution in [2.45, 2.75) is 13.1 Å². The Labute approximate surface area is 220 Å². The minimum Gasteiger partial charge on any atom is -0.477 e. The minimum absolute atomic E-state index is 0.0280. The van der Waals surface area contributed by atoms with E-state index in [1.807, 2.05) is 9.80 Å². The number of nitrogen functional groups attached to an aromatic ring is 1. The van der Waals surface area contributed by atoms with Crippen LogP contribution in [0.15, 0.2) is 30.3 Å². The summed E-state index contributed by atoms with van der Waals surface area (Å²) in [7, 11) is 0. The van der Waals surface area contributed by atoms with Crippen LogP contribution in [0.1, 0.15) is 32.4 Å². The first-order chi connectivity index (χ1) is 18.4. The molecule has 0 atom stereocenters. The molecule has 0 aliphatic carbocycles. The highest BCUT2D eigenvalue weighted by Gasteiger charge is 2.13. The number of hydrogen-bond donors (Lipinski definition) is 6. The van der Waals surface area contributed by atoms with Gasteiger partial charge in [-0.25, -0.2) is 19.6 Å². The molecule has 7 N–H and O–H groups in total. The number of rotatable bonds is 20. The van der Waals surface area contributed by atoms with E-state index >= 15 is 0 Å². The standard InChI is InChI=1S/C24H36N6O8/c25-28-19-14-20(27-22(15-19)24(35)36)17-30(5-9-32)7-11-38-13-12-37-10-6-29(4-8-31)16-18-2-1-3-21(26-18)23(33)34/h1-3,14-15,31-32H,4-13,16-17,25H2,(H,27,28)(H,33,34)(H,35,36). The molecule has 2 aromatic heterocycles. The lowest BCUT2D eigenvalue weighted by Gasteiger charge is -2.22. The first-order valence-corrected chi connectivity index (χ1v) is 12.1. The van der Waals surface area contributed by atoms with Gasteiger partial charge in [0, 0.05) is 39.3 Å². The van der Waals surface area contributed by atoms with Crippen LogP contribution in [0, 0.1) is 0 Å². The average molecular weight is 537 g/mol. The number of nitrogens with zero attached hydrogens (tertiary/aromatic N) is 4. The summed E-state index contributed by atoms with van der Waals surface area (Å²) in [5.41, 5.74) is 3.78. The average Bonchev–Trinajstić information content (AvgIpc) is 2.90. The Morgan fingerprint density at radius 2 is 1.34 bits per heavy atom. The van der Waals surface area contributed by atoms with Crippen molar-refractivity contribution < 1.29 is 39.5 Å². The number of nitrogens with two attached hydrogens (primary N) is 1. The second-order valence-electron chi connectivity index (χ2n) is 8.23. The molecule has 0 aliphatic rings. The number of carboxylic acids is 2. The highest BCUT2D eigenvalue weighted by atomic mass is 16.5. The lowest BCUT2D eigenvalue weighted by atomic mass is 10.2. The number of carbonyl (C=O) groups is 2. The maximum absolute atomic E-state index is 11.3. The Hall–Kier alpha value is -3.24. The number of pyridine rings is 2. The summed E-state index contributed by atoms with van der Waals surface area (Å²) >= 11 is 0. The first kappa shape index (κ1) is 31.0. The van der Waals surface area contributed by atoms with Crippen molar-refractivity contribution in [3.8, 4) is 0 Å². The largest absolute Gasteiger partial charge is 0.477 e. The molecular weight excluding hydrogens is 500 g/mol. The molecule has 0 bridgehead atoms. The molecule has 14 nitrogen and oxygen atoms in total. The molecule has 0 fully saturated rings. The Bertz CT molecular complexity index is 1010. The van der Waals surface area contributed by atoms with E-state index in [9.17, 15) is 24.9 Å². The number of carboxylic acid groups (broad SMARTS) is 2. The number of anilines is 1. The number of hydrazine groups is 1. The van der Waals surface area contributed by atoms with Crippen LogP contribution in [-0.4, -0.2) is 118 Å². The second-order valence-corrected chi connectivity index (χ2v) is 8.23. The summed E-state index contributed by atoms with van der Waals surface area (Å²) in [6.07, 6.45) is 0.